The van der Waals surface area contributed by atoms with Gasteiger partial charge in [-0.3, -0.25) is 0 Å². The van der Waals surface area contributed by atoms with Crippen LogP contribution in [0, 0.1) is 0 Å². The number of hydrogen-bond donors (Lipinski definition) is 0. The maximum absolute atomic E-state index is 5.19. The summed E-state index contributed by atoms with van der Waals surface area (Å²) in [7, 11) is 0. The van der Waals surface area contributed by atoms with Crippen LogP contribution in [0.15, 0.2) is 170 Å². The molecule has 4 aromatic heterocycles. The van der Waals surface area contributed by atoms with Gasteiger partial charge in [-0.25, -0.2) is 9.97 Å². The fourth-order valence-corrected chi connectivity index (χ4v) is 7.31. The molecule has 0 atom stereocenters. The van der Waals surface area contributed by atoms with Gasteiger partial charge in [-0.1, -0.05) is 115 Å². The number of nitrogens with zero attached hydrogens (tertiary/aromatic N) is 4. The molecule has 0 amide bonds. The zero-order valence-electron chi connectivity index (χ0n) is 26.0. The van der Waals surface area contributed by atoms with Crippen LogP contribution >= 0.6 is 0 Å². The minimum absolute atomic E-state index is 0.951. The van der Waals surface area contributed by atoms with Crippen LogP contribution in [0.2, 0.25) is 0 Å². The third kappa shape index (κ3) is 4.10. The molecule has 48 heavy (non-hydrogen) atoms. The molecule has 224 valence electrons. The lowest BCUT2D eigenvalue weighted by Crippen LogP contribution is -1.94. The highest BCUT2D eigenvalue weighted by molar-refractivity contribution is 6.29. The standard InChI is InChI=1S/C44H28N4/c1-2-10-32(11-3-1)44-36-25-26-40-43(42(36)34-12-4-6-14-37(34)46-44)35-13-5-7-15-39(35)48(40)33-23-21-30(22-24-33)29-17-19-31(20-18-29)38-28-47-27-9-8-16-41(47)45-38/h1-28H. The molecular weight excluding hydrogens is 585 g/mol. The third-order valence-electron chi connectivity index (χ3n) is 9.55. The minimum Gasteiger partial charge on any atom is -0.309 e. The first kappa shape index (κ1) is 26.7. The second-order valence-electron chi connectivity index (χ2n) is 12.3. The predicted octanol–water partition coefficient (Wildman–Crippen LogP) is 11.1. The minimum atomic E-state index is 0.951. The van der Waals surface area contributed by atoms with Gasteiger partial charge in [0.2, 0.25) is 0 Å². The smallest absolute Gasteiger partial charge is 0.137 e. The fourth-order valence-electron chi connectivity index (χ4n) is 7.31. The Hall–Kier alpha value is -6.52. The number of pyridine rings is 2. The van der Waals surface area contributed by atoms with Crippen molar-refractivity contribution in [1.29, 1.82) is 0 Å². The van der Waals surface area contributed by atoms with Gasteiger partial charge in [0.1, 0.15) is 5.65 Å². The second-order valence-corrected chi connectivity index (χ2v) is 12.3. The molecule has 4 nitrogen and oxygen atoms in total. The molecule has 0 unspecified atom stereocenters. The summed E-state index contributed by atoms with van der Waals surface area (Å²) in [5.41, 5.74) is 12.0. The van der Waals surface area contributed by atoms with Gasteiger partial charge in [0.25, 0.3) is 0 Å². The van der Waals surface area contributed by atoms with E-state index in [4.69, 9.17) is 9.97 Å². The van der Waals surface area contributed by atoms with Gasteiger partial charge < -0.3 is 8.97 Å². The van der Waals surface area contributed by atoms with Crippen molar-refractivity contribution in [3.63, 3.8) is 0 Å². The van der Waals surface area contributed by atoms with E-state index in [1.165, 1.54) is 43.7 Å². The molecule has 0 N–H and O–H groups in total. The zero-order chi connectivity index (χ0) is 31.6. The van der Waals surface area contributed by atoms with Crippen LogP contribution in [0.5, 0.6) is 0 Å². The molecule has 6 aromatic carbocycles. The largest absolute Gasteiger partial charge is 0.309 e. The van der Waals surface area contributed by atoms with Crippen molar-refractivity contribution in [2.45, 2.75) is 0 Å². The van der Waals surface area contributed by atoms with E-state index in [9.17, 15) is 0 Å². The molecule has 0 aliphatic carbocycles. The molecule has 10 aromatic rings. The normalized spacial score (nSPS) is 11.8. The number of aromatic nitrogens is 4. The molecule has 0 bridgehead atoms. The maximum atomic E-state index is 5.19. The molecule has 10 rings (SSSR count). The van der Waals surface area contributed by atoms with E-state index in [-0.39, 0.29) is 0 Å². The van der Waals surface area contributed by atoms with Gasteiger partial charge in [0, 0.05) is 56.1 Å². The second kappa shape index (κ2) is 10.5. The van der Waals surface area contributed by atoms with Crippen molar-refractivity contribution in [2.75, 3.05) is 0 Å². The summed E-state index contributed by atoms with van der Waals surface area (Å²) >= 11 is 0. The number of benzene rings is 6. The molecule has 0 saturated heterocycles. The van der Waals surface area contributed by atoms with Crippen molar-refractivity contribution in [2.24, 2.45) is 0 Å². The molecule has 0 aliphatic heterocycles. The van der Waals surface area contributed by atoms with Crippen LogP contribution in [0.25, 0.3) is 88.5 Å². The Morgan fingerprint density at radius 1 is 0.417 bits per heavy atom. The van der Waals surface area contributed by atoms with Crippen LogP contribution in [0.4, 0.5) is 0 Å². The quantitative estimate of drug-likeness (QED) is 0.185. The lowest BCUT2D eigenvalue weighted by atomic mass is 9.96. The molecule has 0 aliphatic rings. The lowest BCUT2D eigenvalue weighted by molar-refractivity contribution is 1.18. The Kier molecular flexibility index (Phi) is 5.84. The van der Waals surface area contributed by atoms with Crippen LogP contribution in [-0.4, -0.2) is 18.9 Å². The molecule has 0 saturated carbocycles. The van der Waals surface area contributed by atoms with Crippen LogP contribution in [0.1, 0.15) is 0 Å². The monoisotopic (exact) mass is 612 g/mol. The Balaban J connectivity index is 1.12. The van der Waals surface area contributed by atoms with E-state index in [2.05, 4.69) is 155 Å². The van der Waals surface area contributed by atoms with Gasteiger partial charge in [-0.05, 0) is 53.6 Å². The summed E-state index contributed by atoms with van der Waals surface area (Å²) in [5, 5.41) is 6.07. The molecule has 0 fully saturated rings. The molecular formula is C44H28N4. The summed E-state index contributed by atoms with van der Waals surface area (Å²) in [5.74, 6) is 0. The van der Waals surface area contributed by atoms with Gasteiger partial charge in [0.05, 0.1) is 27.9 Å². The van der Waals surface area contributed by atoms with Gasteiger partial charge in [0.15, 0.2) is 0 Å². The summed E-state index contributed by atoms with van der Waals surface area (Å²) < 4.78 is 4.46. The van der Waals surface area contributed by atoms with E-state index in [1.54, 1.807) is 0 Å². The van der Waals surface area contributed by atoms with E-state index >= 15 is 0 Å². The average molecular weight is 613 g/mol. The number of rotatable bonds is 4. The van der Waals surface area contributed by atoms with E-state index in [0.717, 1.165) is 44.8 Å². The summed E-state index contributed by atoms with van der Waals surface area (Å²) in [6, 6.07) is 56.0. The molecule has 4 heterocycles. The predicted molar refractivity (Wildman–Crippen MR) is 199 cm³/mol. The molecule has 4 heteroatoms. The van der Waals surface area contributed by atoms with Crippen LogP contribution in [0.3, 0.4) is 0 Å². The zero-order valence-corrected chi connectivity index (χ0v) is 26.0. The SMILES string of the molecule is c1ccc(-c2nc3ccccc3c3c2ccc2c3c3ccccc3n2-c2ccc(-c3ccc(-c4cn5ccccc5n4)cc3)cc2)cc1. The fraction of sp³-hybridized carbons (Fsp3) is 0. The average Bonchev–Trinajstić information content (AvgIpc) is 3.75. The number of fused-ring (bicyclic) bond motifs is 8. The molecule has 0 spiro atoms. The van der Waals surface area contributed by atoms with Gasteiger partial charge in [-0.2, -0.15) is 0 Å². The van der Waals surface area contributed by atoms with E-state index < -0.39 is 0 Å². The number of imidazole rings is 1. The molecule has 0 radical (unpaired) electrons. The third-order valence-corrected chi connectivity index (χ3v) is 9.55. The highest BCUT2D eigenvalue weighted by Crippen LogP contribution is 2.42. The Morgan fingerprint density at radius 3 is 1.92 bits per heavy atom. The van der Waals surface area contributed by atoms with Crippen molar-refractivity contribution < 1.29 is 0 Å². The van der Waals surface area contributed by atoms with Crippen molar-refractivity contribution in [3.05, 3.63) is 170 Å². The Bertz CT molecular complexity index is 2770. The van der Waals surface area contributed by atoms with E-state index in [1.807, 2.05) is 24.4 Å². The Morgan fingerprint density at radius 2 is 1.10 bits per heavy atom. The maximum Gasteiger partial charge on any atom is 0.137 e. The highest BCUT2D eigenvalue weighted by Gasteiger charge is 2.19. The topological polar surface area (TPSA) is 35.1 Å². The van der Waals surface area contributed by atoms with Crippen molar-refractivity contribution >= 4 is 49.1 Å². The highest BCUT2D eigenvalue weighted by atomic mass is 15.0. The van der Waals surface area contributed by atoms with Crippen LogP contribution in [-0.2, 0) is 0 Å². The van der Waals surface area contributed by atoms with Crippen molar-refractivity contribution in [1.82, 2.24) is 18.9 Å². The number of hydrogen-bond acceptors (Lipinski definition) is 2. The Labute approximate surface area is 276 Å². The lowest BCUT2D eigenvalue weighted by Gasteiger charge is -2.13. The summed E-state index contributed by atoms with van der Waals surface area (Å²) in [6.45, 7) is 0. The van der Waals surface area contributed by atoms with Gasteiger partial charge >= 0.3 is 0 Å². The number of para-hydroxylation sites is 2. The first-order chi connectivity index (χ1) is 23.8. The summed E-state index contributed by atoms with van der Waals surface area (Å²) in [4.78, 5) is 9.97. The first-order valence-electron chi connectivity index (χ1n) is 16.3. The first-order valence-corrected chi connectivity index (χ1v) is 16.3. The van der Waals surface area contributed by atoms with Crippen molar-refractivity contribution in [3.8, 4) is 39.3 Å². The van der Waals surface area contributed by atoms with E-state index in [0.29, 0.717) is 0 Å². The van der Waals surface area contributed by atoms with Crippen LogP contribution < -0.4 is 0 Å². The summed E-state index contributed by atoms with van der Waals surface area (Å²) in [6.07, 6.45) is 4.11. The van der Waals surface area contributed by atoms with Gasteiger partial charge in [-0.15, -0.1) is 0 Å².